The van der Waals surface area contributed by atoms with Gasteiger partial charge in [0, 0.05) is 19.2 Å². The molecule has 1 amide bonds. The Labute approximate surface area is 170 Å². The van der Waals surface area contributed by atoms with Crippen molar-refractivity contribution in [2.45, 2.75) is 55.8 Å². The van der Waals surface area contributed by atoms with Crippen LogP contribution in [0.15, 0.2) is 29.4 Å². The molecule has 0 aliphatic heterocycles. The standard InChI is InChI=1S/C22H29N3O2S/c1-27-7-6-25-19-5-3-2-4-18(19)23-21(25)28-14-20(26)24-22-11-15-8-16(12-22)10-17(9-15)13-22/h2-5,15-17H,6-14H2,1H3,(H,24,26). The predicted molar refractivity (Wildman–Crippen MR) is 111 cm³/mol. The van der Waals surface area contributed by atoms with E-state index in [1.54, 1.807) is 18.9 Å². The minimum Gasteiger partial charge on any atom is -0.383 e. The molecule has 4 saturated carbocycles. The fourth-order valence-corrected chi connectivity index (χ4v) is 7.13. The number of hydrogen-bond donors (Lipinski definition) is 1. The third kappa shape index (κ3) is 3.45. The summed E-state index contributed by atoms with van der Waals surface area (Å²) in [5.74, 6) is 3.13. The molecule has 0 atom stereocenters. The number of fused-ring (bicyclic) bond motifs is 1. The summed E-state index contributed by atoms with van der Waals surface area (Å²) in [6.07, 6.45) is 7.78. The number of rotatable bonds is 7. The van der Waals surface area contributed by atoms with Crippen LogP contribution < -0.4 is 5.32 Å². The molecule has 6 rings (SSSR count). The van der Waals surface area contributed by atoms with Gasteiger partial charge in [0.05, 0.1) is 23.4 Å². The Kier molecular flexibility index (Phi) is 4.87. The van der Waals surface area contributed by atoms with Gasteiger partial charge in [0.1, 0.15) is 0 Å². The van der Waals surface area contributed by atoms with Crippen molar-refractivity contribution in [3.8, 4) is 0 Å². The Morgan fingerprint density at radius 1 is 1.21 bits per heavy atom. The summed E-state index contributed by atoms with van der Waals surface area (Å²) in [5, 5.41) is 4.37. The lowest BCUT2D eigenvalue weighted by Crippen LogP contribution is -2.60. The number of amides is 1. The van der Waals surface area contributed by atoms with Crippen LogP contribution in [0.5, 0.6) is 0 Å². The van der Waals surface area contributed by atoms with Crippen molar-refractivity contribution in [1.29, 1.82) is 0 Å². The molecule has 6 heteroatoms. The molecule has 0 unspecified atom stereocenters. The van der Waals surface area contributed by atoms with Gasteiger partial charge in [-0.25, -0.2) is 4.98 Å². The number of benzene rings is 1. The molecule has 4 fully saturated rings. The zero-order valence-electron chi connectivity index (χ0n) is 16.5. The largest absolute Gasteiger partial charge is 0.383 e. The Hall–Kier alpha value is -1.53. The maximum absolute atomic E-state index is 12.8. The second-order valence-corrected chi connectivity index (χ2v) is 10.0. The van der Waals surface area contributed by atoms with E-state index in [9.17, 15) is 4.79 Å². The zero-order valence-corrected chi connectivity index (χ0v) is 17.3. The molecular weight excluding hydrogens is 370 g/mol. The maximum Gasteiger partial charge on any atom is 0.230 e. The van der Waals surface area contributed by atoms with Crippen LogP contribution in [0.4, 0.5) is 0 Å². The fourth-order valence-electron chi connectivity index (χ4n) is 6.29. The molecule has 2 aromatic rings. The van der Waals surface area contributed by atoms with Gasteiger partial charge in [-0.05, 0) is 68.4 Å². The van der Waals surface area contributed by atoms with Crippen molar-refractivity contribution >= 4 is 28.7 Å². The summed E-state index contributed by atoms with van der Waals surface area (Å²) in [7, 11) is 1.71. The summed E-state index contributed by atoms with van der Waals surface area (Å²) < 4.78 is 7.43. The highest BCUT2D eigenvalue weighted by Gasteiger charge is 2.51. The van der Waals surface area contributed by atoms with E-state index in [0.717, 1.165) is 40.5 Å². The number of hydrogen-bond acceptors (Lipinski definition) is 4. The van der Waals surface area contributed by atoms with Crippen molar-refractivity contribution in [2.75, 3.05) is 19.5 Å². The number of carbonyl (C=O) groups excluding carboxylic acids is 1. The van der Waals surface area contributed by atoms with Crippen LogP contribution in [0.2, 0.25) is 0 Å². The van der Waals surface area contributed by atoms with Gasteiger partial charge in [-0.1, -0.05) is 23.9 Å². The number of ether oxygens (including phenoxy) is 1. The average Bonchev–Trinajstić information content (AvgIpc) is 3.01. The SMILES string of the molecule is COCCn1c(SCC(=O)NC23CC4CC(CC(C4)C2)C3)nc2ccccc21. The van der Waals surface area contributed by atoms with Crippen LogP contribution in [-0.2, 0) is 16.1 Å². The van der Waals surface area contributed by atoms with Gasteiger partial charge in [-0.3, -0.25) is 4.79 Å². The molecule has 0 spiro atoms. The predicted octanol–water partition coefficient (Wildman–Crippen LogP) is 3.86. The number of thioether (sulfide) groups is 1. The number of carbonyl (C=O) groups is 1. The Morgan fingerprint density at radius 2 is 1.89 bits per heavy atom. The second-order valence-electron chi connectivity index (χ2n) is 9.06. The molecule has 0 saturated heterocycles. The molecule has 150 valence electrons. The first kappa shape index (κ1) is 18.5. The lowest BCUT2D eigenvalue weighted by Gasteiger charge is -2.56. The highest BCUT2D eigenvalue weighted by atomic mass is 32.2. The third-order valence-electron chi connectivity index (χ3n) is 6.91. The number of nitrogens with one attached hydrogen (secondary N) is 1. The van der Waals surface area contributed by atoms with E-state index >= 15 is 0 Å². The Balaban J connectivity index is 1.27. The maximum atomic E-state index is 12.8. The smallest absolute Gasteiger partial charge is 0.230 e. The average molecular weight is 400 g/mol. The van der Waals surface area contributed by atoms with Gasteiger partial charge >= 0.3 is 0 Å². The van der Waals surface area contributed by atoms with Gasteiger partial charge in [0.25, 0.3) is 0 Å². The zero-order chi connectivity index (χ0) is 19.1. The molecule has 4 aliphatic carbocycles. The van der Waals surface area contributed by atoms with Gasteiger partial charge in [0.2, 0.25) is 5.91 Å². The Bertz CT molecular complexity index is 843. The molecule has 28 heavy (non-hydrogen) atoms. The van der Waals surface area contributed by atoms with Crippen LogP contribution in [0.1, 0.15) is 38.5 Å². The summed E-state index contributed by atoms with van der Waals surface area (Å²) in [4.78, 5) is 17.6. The summed E-state index contributed by atoms with van der Waals surface area (Å²) in [6.45, 7) is 1.38. The molecule has 1 aromatic heterocycles. The van der Waals surface area contributed by atoms with Gasteiger partial charge in [-0.15, -0.1) is 0 Å². The summed E-state index contributed by atoms with van der Waals surface area (Å²) in [6, 6.07) is 8.14. The minimum atomic E-state index is 0.0859. The number of nitrogens with zero attached hydrogens (tertiary/aromatic N) is 2. The summed E-state index contributed by atoms with van der Waals surface area (Å²) in [5.41, 5.74) is 2.16. The monoisotopic (exact) mass is 399 g/mol. The molecule has 1 heterocycles. The third-order valence-corrected chi connectivity index (χ3v) is 7.89. The molecule has 1 aromatic carbocycles. The number of aromatic nitrogens is 2. The van der Waals surface area contributed by atoms with E-state index in [0.29, 0.717) is 12.4 Å². The van der Waals surface area contributed by atoms with Gasteiger partial charge in [-0.2, -0.15) is 0 Å². The van der Waals surface area contributed by atoms with Crippen LogP contribution in [-0.4, -0.2) is 40.5 Å². The topological polar surface area (TPSA) is 56.1 Å². The number of methoxy groups -OCH3 is 1. The van der Waals surface area contributed by atoms with E-state index < -0.39 is 0 Å². The minimum absolute atomic E-state index is 0.0859. The van der Waals surface area contributed by atoms with Crippen molar-refractivity contribution in [3.63, 3.8) is 0 Å². The molecular formula is C22H29N3O2S. The van der Waals surface area contributed by atoms with Crippen molar-refractivity contribution in [1.82, 2.24) is 14.9 Å². The molecule has 4 bridgehead atoms. The first-order valence-electron chi connectivity index (χ1n) is 10.5. The van der Waals surface area contributed by atoms with E-state index in [1.807, 2.05) is 18.2 Å². The van der Waals surface area contributed by atoms with E-state index in [2.05, 4.69) is 16.0 Å². The highest BCUT2D eigenvalue weighted by molar-refractivity contribution is 7.99. The second kappa shape index (κ2) is 7.38. The van der Waals surface area contributed by atoms with Crippen LogP contribution >= 0.6 is 11.8 Å². The lowest BCUT2D eigenvalue weighted by atomic mass is 9.53. The quantitative estimate of drug-likeness (QED) is 0.719. The number of imidazole rings is 1. The molecule has 4 aliphatic rings. The normalized spacial score (nSPS) is 30.8. The van der Waals surface area contributed by atoms with Crippen molar-refractivity contribution in [2.24, 2.45) is 17.8 Å². The molecule has 1 N–H and O–H groups in total. The first-order chi connectivity index (χ1) is 13.6. The number of para-hydroxylation sites is 2. The molecule has 5 nitrogen and oxygen atoms in total. The van der Waals surface area contributed by atoms with Crippen LogP contribution in [0.3, 0.4) is 0 Å². The van der Waals surface area contributed by atoms with E-state index in [4.69, 9.17) is 9.72 Å². The Morgan fingerprint density at radius 3 is 2.57 bits per heavy atom. The van der Waals surface area contributed by atoms with Crippen molar-refractivity contribution in [3.05, 3.63) is 24.3 Å². The van der Waals surface area contributed by atoms with Gasteiger partial charge in [0.15, 0.2) is 5.16 Å². The molecule has 0 radical (unpaired) electrons. The lowest BCUT2D eigenvalue weighted by molar-refractivity contribution is -0.124. The van der Waals surface area contributed by atoms with Crippen LogP contribution in [0.25, 0.3) is 11.0 Å². The highest BCUT2D eigenvalue weighted by Crippen LogP contribution is 2.55. The van der Waals surface area contributed by atoms with Gasteiger partial charge < -0.3 is 14.6 Å². The van der Waals surface area contributed by atoms with E-state index in [1.165, 1.54) is 38.5 Å². The van der Waals surface area contributed by atoms with Crippen LogP contribution in [0, 0.1) is 17.8 Å². The summed E-state index contributed by atoms with van der Waals surface area (Å²) >= 11 is 1.54. The van der Waals surface area contributed by atoms with E-state index in [-0.39, 0.29) is 11.4 Å². The first-order valence-corrected chi connectivity index (χ1v) is 11.5. The fraction of sp³-hybridized carbons (Fsp3) is 0.636. The van der Waals surface area contributed by atoms with Crippen molar-refractivity contribution < 1.29 is 9.53 Å².